The monoisotopic (exact) mass is 199 g/mol. The summed E-state index contributed by atoms with van der Waals surface area (Å²) in [7, 11) is 1.71. The lowest BCUT2D eigenvalue weighted by Gasteiger charge is -2.23. The van der Waals surface area contributed by atoms with Crippen LogP contribution < -0.4 is 5.32 Å². The van der Waals surface area contributed by atoms with Gasteiger partial charge < -0.3 is 10.1 Å². The number of ether oxygens (including phenoxy) is 1. The predicted octanol–water partition coefficient (Wildman–Crippen LogP) is 1.80. The van der Waals surface area contributed by atoms with E-state index in [0.717, 1.165) is 19.3 Å². The van der Waals surface area contributed by atoms with Crippen molar-refractivity contribution in [2.24, 2.45) is 0 Å². The molecule has 0 heterocycles. The third kappa shape index (κ3) is 6.89. The molecule has 3 nitrogen and oxygen atoms in total. The highest BCUT2D eigenvalue weighted by molar-refractivity contribution is 5.80. The Morgan fingerprint density at radius 1 is 1.57 bits per heavy atom. The summed E-state index contributed by atoms with van der Waals surface area (Å²) in [4.78, 5) is 10.5. The van der Waals surface area contributed by atoms with Gasteiger partial charge in [0.05, 0.1) is 12.5 Å². The summed E-state index contributed by atoms with van der Waals surface area (Å²) in [6.07, 6.45) is 2.92. The zero-order chi connectivity index (χ0) is 11.2. The van der Waals surface area contributed by atoms with Gasteiger partial charge in [-0.05, 0) is 40.0 Å². The summed E-state index contributed by atoms with van der Waals surface area (Å²) in [5, 5.41) is 2.65. The summed E-state index contributed by atoms with van der Waals surface area (Å²) < 4.78 is 5.29. The van der Waals surface area contributed by atoms with E-state index in [0.29, 0.717) is 0 Å². The smallest absolute Gasteiger partial charge is 0.224 e. The number of methoxy groups -OCH3 is 1. The fraction of sp³-hybridized carbons (Fsp3) is 0.818. The lowest BCUT2D eigenvalue weighted by Crippen LogP contribution is -2.31. The molecule has 0 fully saturated rings. The third-order valence-corrected chi connectivity index (χ3v) is 2.36. The fourth-order valence-electron chi connectivity index (χ4n) is 1.25. The number of carbonyl (C=O) groups is 1. The topological polar surface area (TPSA) is 38.3 Å². The van der Waals surface area contributed by atoms with E-state index >= 15 is 0 Å². The Kier molecular flexibility index (Phi) is 5.77. The standard InChI is InChI=1S/C11H21NO2/c1-9(12-10(2)13)7-6-8-11(3,4)14-5/h2,9H,6-8H2,1,3-5H3,(H,12,13). The quantitative estimate of drug-likeness (QED) is 0.708. The van der Waals surface area contributed by atoms with Crippen LogP contribution in [-0.2, 0) is 9.53 Å². The first kappa shape index (κ1) is 13.4. The minimum absolute atomic E-state index is 0.0769. The van der Waals surface area contributed by atoms with Crippen molar-refractivity contribution in [3.05, 3.63) is 6.92 Å². The molecule has 1 amide bonds. The van der Waals surface area contributed by atoms with Crippen molar-refractivity contribution < 1.29 is 9.53 Å². The second-order valence-corrected chi connectivity index (χ2v) is 4.27. The summed E-state index contributed by atoms with van der Waals surface area (Å²) in [6.45, 7) is 11.1. The maximum absolute atomic E-state index is 10.5. The van der Waals surface area contributed by atoms with Crippen molar-refractivity contribution in [2.75, 3.05) is 7.11 Å². The minimum Gasteiger partial charge on any atom is -0.379 e. The van der Waals surface area contributed by atoms with Gasteiger partial charge >= 0.3 is 0 Å². The van der Waals surface area contributed by atoms with Crippen LogP contribution in [0.15, 0.2) is 0 Å². The van der Waals surface area contributed by atoms with Crippen molar-refractivity contribution in [1.29, 1.82) is 0 Å². The lowest BCUT2D eigenvalue weighted by molar-refractivity contribution is -0.117. The average molecular weight is 199 g/mol. The molecule has 0 saturated carbocycles. The van der Waals surface area contributed by atoms with E-state index < -0.39 is 5.91 Å². The average Bonchev–Trinajstić information content (AvgIpc) is 2.02. The van der Waals surface area contributed by atoms with Crippen LogP contribution in [0.2, 0.25) is 0 Å². The molecule has 0 aliphatic carbocycles. The number of hydrogen-bond acceptors (Lipinski definition) is 2. The van der Waals surface area contributed by atoms with Gasteiger partial charge in [0.15, 0.2) is 0 Å². The Morgan fingerprint density at radius 3 is 2.57 bits per heavy atom. The van der Waals surface area contributed by atoms with Crippen molar-refractivity contribution in [1.82, 2.24) is 5.32 Å². The van der Waals surface area contributed by atoms with Crippen molar-refractivity contribution >= 4 is 5.91 Å². The molecule has 0 rings (SSSR count). The van der Waals surface area contributed by atoms with Crippen LogP contribution in [0.25, 0.3) is 0 Å². The van der Waals surface area contributed by atoms with Crippen molar-refractivity contribution in [2.45, 2.75) is 51.7 Å². The Bertz CT molecular complexity index is 178. The molecule has 0 spiro atoms. The Hall–Kier alpha value is -0.570. The summed E-state index contributed by atoms with van der Waals surface area (Å²) in [5.41, 5.74) is -0.0769. The molecule has 0 aromatic carbocycles. The third-order valence-electron chi connectivity index (χ3n) is 2.36. The van der Waals surface area contributed by atoms with E-state index in [-0.39, 0.29) is 11.6 Å². The second-order valence-electron chi connectivity index (χ2n) is 4.27. The zero-order valence-corrected chi connectivity index (χ0v) is 9.59. The number of carbonyl (C=O) groups excluding carboxylic acids is 1. The van der Waals surface area contributed by atoms with Gasteiger partial charge in [-0.25, -0.2) is 0 Å². The molecular formula is C11H21NO2. The second kappa shape index (κ2) is 6.02. The van der Waals surface area contributed by atoms with Gasteiger partial charge in [0, 0.05) is 13.2 Å². The van der Waals surface area contributed by atoms with E-state index in [9.17, 15) is 4.79 Å². The molecule has 82 valence electrons. The lowest BCUT2D eigenvalue weighted by atomic mass is 9.99. The number of nitrogens with one attached hydrogen (secondary N) is 1. The first-order valence-corrected chi connectivity index (χ1v) is 4.98. The summed E-state index contributed by atoms with van der Waals surface area (Å²) >= 11 is 0. The van der Waals surface area contributed by atoms with Gasteiger partial charge in [-0.2, -0.15) is 0 Å². The van der Waals surface area contributed by atoms with Gasteiger partial charge in [-0.3, -0.25) is 4.79 Å². The number of rotatable bonds is 6. The maximum atomic E-state index is 10.5. The normalized spacial score (nSPS) is 13.8. The molecule has 0 aromatic heterocycles. The molecule has 1 N–H and O–H groups in total. The van der Waals surface area contributed by atoms with Crippen LogP contribution in [-0.4, -0.2) is 24.7 Å². The molecule has 1 unspecified atom stereocenters. The maximum Gasteiger partial charge on any atom is 0.224 e. The molecule has 0 bridgehead atoms. The van der Waals surface area contributed by atoms with Crippen molar-refractivity contribution in [3.8, 4) is 0 Å². The van der Waals surface area contributed by atoms with Crippen LogP contribution in [0.4, 0.5) is 0 Å². The van der Waals surface area contributed by atoms with Crippen molar-refractivity contribution in [3.63, 3.8) is 0 Å². The zero-order valence-electron chi connectivity index (χ0n) is 9.59. The van der Waals surface area contributed by atoms with E-state index in [1.54, 1.807) is 7.11 Å². The van der Waals surface area contributed by atoms with Gasteiger partial charge in [0.1, 0.15) is 0 Å². The van der Waals surface area contributed by atoms with E-state index in [1.165, 1.54) is 0 Å². The van der Waals surface area contributed by atoms with E-state index in [1.807, 2.05) is 6.92 Å². The SMILES string of the molecule is [CH]C(=O)NC(C)CCCC(C)(C)OC. The highest BCUT2D eigenvalue weighted by Gasteiger charge is 2.16. The van der Waals surface area contributed by atoms with E-state index in [4.69, 9.17) is 11.7 Å². The molecule has 0 aliphatic rings. The van der Waals surface area contributed by atoms with Crippen LogP contribution in [0.3, 0.4) is 0 Å². The molecule has 2 radical (unpaired) electrons. The molecule has 1 atom stereocenters. The summed E-state index contributed by atoms with van der Waals surface area (Å²) in [5.74, 6) is -0.455. The number of hydrogen-bond donors (Lipinski definition) is 1. The predicted molar refractivity (Wildman–Crippen MR) is 56.8 cm³/mol. The molecule has 3 heteroatoms. The Balaban J connectivity index is 3.58. The minimum atomic E-state index is -0.455. The first-order chi connectivity index (χ1) is 6.37. The fourth-order valence-corrected chi connectivity index (χ4v) is 1.25. The van der Waals surface area contributed by atoms with Gasteiger partial charge in [-0.15, -0.1) is 0 Å². The Labute approximate surface area is 87.2 Å². The first-order valence-electron chi connectivity index (χ1n) is 4.98. The van der Waals surface area contributed by atoms with Crippen LogP contribution in [0, 0.1) is 6.92 Å². The summed E-state index contributed by atoms with van der Waals surface area (Å²) in [6, 6.07) is 0.139. The largest absolute Gasteiger partial charge is 0.379 e. The highest BCUT2D eigenvalue weighted by atomic mass is 16.5. The van der Waals surface area contributed by atoms with Gasteiger partial charge in [-0.1, -0.05) is 0 Å². The number of amides is 1. The van der Waals surface area contributed by atoms with Gasteiger partial charge in [0.2, 0.25) is 5.91 Å². The molecule has 0 aromatic rings. The van der Waals surface area contributed by atoms with Crippen LogP contribution in [0.1, 0.15) is 40.0 Å². The van der Waals surface area contributed by atoms with Gasteiger partial charge in [0.25, 0.3) is 0 Å². The highest BCUT2D eigenvalue weighted by Crippen LogP contribution is 2.17. The molecule has 0 saturated heterocycles. The molecule has 14 heavy (non-hydrogen) atoms. The molecular weight excluding hydrogens is 178 g/mol. The Morgan fingerprint density at radius 2 is 2.14 bits per heavy atom. The van der Waals surface area contributed by atoms with E-state index in [2.05, 4.69) is 19.2 Å². The van der Waals surface area contributed by atoms with Crippen LogP contribution >= 0.6 is 0 Å². The molecule has 0 aliphatic heterocycles. The van der Waals surface area contributed by atoms with Crippen LogP contribution in [0.5, 0.6) is 0 Å².